The van der Waals surface area contributed by atoms with Gasteiger partial charge in [0.1, 0.15) is 0 Å². The first-order valence-corrected chi connectivity index (χ1v) is 4.22. The first-order chi connectivity index (χ1) is 5.74. The normalized spacial score (nSPS) is 9.92. The average Bonchev–Trinajstić information content (AvgIpc) is 2.07. The van der Waals surface area contributed by atoms with Gasteiger partial charge in [0.05, 0.1) is 6.61 Å². The van der Waals surface area contributed by atoms with E-state index in [4.69, 9.17) is 16.7 Å². The third-order valence-corrected chi connectivity index (χ3v) is 2.02. The zero-order valence-electron chi connectivity index (χ0n) is 6.97. The summed E-state index contributed by atoms with van der Waals surface area (Å²) in [5, 5.41) is 12.3. The molecule has 0 aliphatic carbocycles. The minimum absolute atomic E-state index is 0.130. The van der Waals surface area contributed by atoms with Gasteiger partial charge in [-0.1, -0.05) is 17.7 Å². The van der Waals surface area contributed by atoms with Crippen molar-refractivity contribution in [3.63, 3.8) is 0 Å². The summed E-state index contributed by atoms with van der Waals surface area (Å²) in [6.45, 7) is 2.64. The zero-order valence-corrected chi connectivity index (χ0v) is 7.73. The molecule has 1 aromatic rings. The van der Waals surface area contributed by atoms with Crippen molar-refractivity contribution in [1.29, 1.82) is 0 Å². The molecule has 0 spiro atoms. The van der Waals surface area contributed by atoms with Crippen LogP contribution in [0, 0.1) is 6.92 Å². The van der Waals surface area contributed by atoms with Crippen molar-refractivity contribution in [3.8, 4) is 0 Å². The molecule has 3 heteroatoms. The lowest BCUT2D eigenvalue weighted by Gasteiger charge is -2.05. The van der Waals surface area contributed by atoms with E-state index in [9.17, 15) is 0 Å². The number of aliphatic hydroxyl groups excluding tert-OH is 1. The fraction of sp³-hybridized carbons (Fsp3) is 0.333. The number of nitrogens with one attached hydrogen (secondary N) is 1. The second-order valence-electron chi connectivity index (χ2n) is 2.61. The van der Waals surface area contributed by atoms with E-state index in [0.717, 1.165) is 16.3 Å². The van der Waals surface area contributed by atoms with Crippen molar-refractivity contribution in [2.75, 3.05) is 18.5 Å². The third kappa shape index (κ3) is 2.40. The number of anilines is 1. The van der Waals surface area contributed by atoms with E-state index in [1.807, 2.05) is 25.1 Å². The number of hydrogen-bond donors (Lipinski definition) is 2. The van der Waals surface area contributed by atoms with Crippen LogP contribution in [0.15, 0.2) is 18.2 Å². The second-order valence-corrected chi connectivity index (χ2v) is 3.02. The third-order valence-electron chi connectivity index (χ3n) is 1.61. The SMILES string of the molecule is Cc1ccc(NCCO)cc1Cl. The van der Waals surface area contributed by atoms with Crippen LogP contribution in [0.2, 0.25) is 5.02 Å². The van der Waals surface area contributed by atoms with Gasteiger partial charge in [0.25, 0.3) is 0 Å². The number of halogens is 1. The van der Waals surface area contributed by atoms with Crippen molar-refractivity contribution >= 4 is 17.3 Å². The number of benzene rings is 1. The predicted octanol–water partition coefficient (Wildman–Crippen LogP) is 2.05. The van der Waals surface area contributed by atoms with Gasteiger partial charge in [0.2, 0.25) is 0 Å². The van der Waals surface area contributed by atoms with Gasteiger partial charge in [-0.25, -0.2) is 0 Å². The van der Waals surface area contributed by atoms with Crippen LogP contribution in [-0.2, 0) is 0 Å². The molecule has 66 valence electrons. The van der Waals surface area contributed by atoms with E-state index >= 15 is 0 Å². The highest BCUT2D eigenvalue weighted by Crippen LogP contribution is 2.19. The molecule has 12 heavy (non-hydrogen) atoms. The molecule has 0 aliphatic rings. The Morgan fingerprint density at radius 3 is 2.83 bits per heavy atom. The van der Waals surface area contributed by atoms with Crippen LogP contribution in [0.3, 0.4) is 0 Å². The first kappa shape index (κ1) is 9.36. The van der Waals surface area contributed by atoms with Gasteiger partial charge in [0, 0.05) is 17.3 Å². The Hall–Kier alpha value is -0.730. The summed E-state index contributed by atoms with van der Waals surface area (Å²) in [7, 11) is 0. The fourth-order valence-electron chi connectivity index (χ4n) is 0.903. The highest BCUT2D eigenvalue weighted by Gasteiger charge is 1.95. The second kappa shape index (κ2) is 4.33. The van der Waals surface area contributed by atoms with Gasteiger partial charge in [0.15, 0.2) is 0 Å². The van der Waals surface area contributed by atoms with Crippen LogP contribution in [0.1, 0.15) is 5.56 Å². The number of aliphatic hydroxyl groups is 1. The summed E-state index contributed by atoms with van der Waals surface area (Å²) in [5.41, 5.74) is 2.01. The standard InChI is InChI=1S/C9H12ClNO/c1-7-2-3-8(6-9(7)10)11-4-5-12/h2-3,6,11-12H,4-5H2,1H3. The van der Waals surface area contributed by atoms with Gasteiger partial charge in [-0.3, -0.25) is 0 Å². The maximum atomic E-state index is 8.56. The molecule has 2 N–H and O–H groups in total. The molecule has 0 radical (unpaired) electrons. The molecule has 0 fully saturated rings. The molecule has 2 nitrogen and oxygen atoms in total. The smallest absolute Gasteiger partial charge is 0.0604 e. The van der Waals surface area contributed by atoms with Crippen LogP contribution < -0.4 is 5.32 Å². The summed E-state index contributed by atoms with van der Waals surface area (Å²) < 4.78 is 0. The highest BCUT2D eigenvalue weighted by molar-refractivity contribution is 6.31. The summed E-state index contributed by atoms with van der Waals surface area (Å²) in [5.74, 6) is 0. The topological polar surface area (TPSA) is 32.3 Å². The number of aryl methyl sites for hydroxylation is 1. The molecule has 0 bridgehead atoms. The minimum atomic E-state index is 0.130. The van der Waals surface area contributed by atoms with Crippen molar-refractivity contribution < 1.29 is 5.11 Å². The van der Waals surface area contributed by atoms with Gasteiger partial charge >= 0.3 is 0 Å². The Balaban J connectivity index is 2.69. The number of rotatable bonds is 3. The summed E-state index contributed by atoms with van der Waals surface area (Å²) in [4.78, 5) is 0. The van der Waals surface area contributed by atoms with Crippen LogP contribution in [0.5, 0.6) is 0 Å². The van der Waals surface area contributed by atoms with Gasteiger partial charge in [-0.2, -0.15) is 0 Å². The van der Waals surface area contributed by atoms with E-state index in [1.165, 1.54) is 0 Å². The molecule has 0 atom stereocenters. The molecule has 0 heterocycles. The van der Waals surface area contributed by atoms with E-state index in [-0.39, 0.29) is 6.61 Å². The molecule has 0 amide bonds. The van der Waals surface area contributed by atoms with Gasteiger partial charge in [-0.05, 0) is 24.6 Å². The minimum Gasteiger partial charge on any atom is -0.395 e. The van der Waals surface area contributed by atoms with Crippen molar-refractivity contribution in [3.05, 3.63) is 28.8 Å². The van der Waals surface area contributed by atoms with E-state index < -0.39 is 0 Å². The Morgan fingerprint density at radius 2 is 2.25 bits per heavy atom. The lowest BCUT2D eigenvalue weighted by Crippen LogP contribution is -2.05. The fourth-order valence-corrected chi connectivity index (χ4v) is 1.08. The summed E-state index contributed by atoms with van der Waals surface area (Å²) in [6, 6.07) is 5.74. The monoisotopic (exact) mass is 185 g/mol. The summed E-state index contributed by atoms with van der Waals surface area (Å²) in [6.07, 6.45) is 0. The Bertz CT molecular complexity index is 263. The van der Waals surface area contributed by atoms with Crippen LogP contribution in [0.4, 0.5) is 5.69 Å². The molecule has 1 rings (SSSR count). The van der Waals surface area contributed by atoms with E-state index in [2.05, 4.69) is 5.32 Å². The van der Waals surface area contributed by atoms with Gasteiger partial charge in [-0.15, -0.1) is 0 Å². The molecule has 1 aromatic carbocycles. The van der Waals surface area contributed by atoms with Crippen LogP contribution in [0.25, 0.3) is 0 Å². The Kier molecular flexibility index (Phi) is 3.38. The molecule has 0 aromatic heterocycles. The first-order valence-electron chi connectivity index (χ1n) is 3.85. The van der Waals surface area contributed by atoms with Crippen LogP contribution >= 0.6 is 11.6 Å². The molecular weight excluding hydrogens is 174 g/mol. The van der Waals surface area contributed by atoms with Crippen LogP contribution in [-0.4, -0.2) is 18.3 Å². The zero-order chi connectivity index (χ0) is 8.97. The molecule has 0 aliphatic heterocycles. The molecule has 0 saturated carbocycles. The molecular formula is C9H12ClNO. The van der Waals surface area contributed by atoms with Crippen molar-refractivity contribution in [2.24, 2.45) is 0 Å². The lowest BCUT2D eigenvalue weighted by atomic mass is 10.2. The quantitative estimate of drug-likeness (QED) is 0.756. The van der Waals surface area contributed by atoms with E-state index in [0.29, 0.717) is 6.54 Å². The highest BCUT2D eigenvalue weighted by atomic mass is 35.5. The predicted molar refractivity (Wildman–Crippen MR) is 51.8 cm³/mol. The average molecular weight is 186 g/mol. The number of hydrogen-bond acceptors (Lipinski definition) is 2. The molecule has 0 unspecified atom stereocenters. The van der Waals surface area contributed by atoms with Crippen molar-refractivity contribution in [1.82, 2.24) is 0 Å². The molecule has 0 saturated heterocycles. The van der Waals surface area contributed by atoms with Crippen molar-refractivity contribution in [2.45, 2.75) is 6.92 Å². The van der Waals surface area contributed by atoms with E-state index in [1.54, 1.807) is 0 Å². The maximum Gasteiger partial charge on any atom is 0.0604 e. The Morgan fingerprint density at radius 1 is 1.50 bits per heavy atom. The maximum absolute atomic E-state index is 8.56. The Labute approximate surface area is 77.2 Å². The lowest BCUT2D eigenvalue weighted by molar-refractivity contribution is 0.311. The van der Waals surface area contributed by atoms with Gasteiger partial charge < -0.3 is 10.4 Å². The summed E-state index contributed by atoms with van der Waals surface area (Å²) >= 11 is 5.89. The largest absolute Gasteiger partial charge is 0.395 e.